The van der Waals surface area contributed by atoms with E-state index in [-0.39, 0.29) is 17.6 Å². The summed E-state index contributed by atoms with van der Waals surface area (Å²) in [5.41, 5.74) is 3.01. The highest BCUT2D eigenvalue weighted by Gasteiger charge is 2.42. The Morgan fingerprint density at radius 3 is 2.54 bits per heavy atom. The summed E-state index contributed by atoms with van der Waals surface area (Å²) in [7, 11) is 1.78. The predicted octanol–water partition coefficient (Wildman–Crippen LogP) is 3.94. The molecular formula is C28H34N4O3. The van der Waals surface area contributed by atoms with Crippen LogP contribution in [0.2, 0.25) is 0 Å². The van der Waals surface area contributed by atoms with Crippen LogP contribution in [0.25, 0.3) is 0 Å². The number of carbonyl (C=O) groups is 1. The fraction of sp³-hybridized carbons (Fsp3) is 0.429. The molecule has 0 saturated carbocycles. The van der Waals surface area contributed by atoms with Gasteiger partial charge in [-0.3, -0.25) is 14.4 Å². The normalized spacial score (nSPS) is 19.6. The standard InChI is InChI=1S/C28H34N4O3/c1-31-26(12-16-30-31)27(33)29-19-25-11-13-28(35-25)14-17-32(18-15-28)20-22-7-9-24(10-8-22)34-21-23-5-3-2-4-6-23/h2-10,12,16,25H,11,13-15,17-21H2,1H3,(H,29,33)/t25-/m0/s1. The lowest BCUT2D eigenvalue weighted by atomic mass is 9.88. The zero-order valence-electron chi connectivity index (χ0n) is 20.4. The Bertz CT molecular complexity index is 1100. The first-order valence-electron chi connectivity index (χ1n) is 12.5. The summed E-state index contributed by atoms with van der Waals surface area (Å²) in [5, 5.41) is 7.07. The van der Waals surface area contributed by atoms with Crippen molar-refractivity contribution in [2.24, 2.45) is 7.05 Å². The van der Waals surface area contributed by atoms with Crippen molar-refractivity contribution in [3.8, 4) is 5.75 Å². The maximum absolute atomic E-state index is 12.3. The minimum absolute atomic E-state index is 0.0342. The Morgan fingerprint density at radius 1 is 1.06 bits per heavy atom. The molecule has 35 heavy (non-hydrogen) atoms. The van der Waals surface area contributed by atoms with Gasteiger partial charge in [0.05, 0.1) is 11.7 Å². The summed E-state index contributed by atoms with van der Waals surface area (Å²) < 4.78 is 14.0. The summed E-state index contributed by atoms with van der Waals surface area (Å²) >= 11 is 0. The van der Waals surface area contributed by atoms with Crippen LogP contribution in [0.1, 0.15) is 47.3 Å². The molecule has 2 fully saturated rings. The molecule has 3 aromatic rings. The maximum Gasteiger partial charge on any atom is 0.269 e. The second-order valence-electron chi connectivity index (χ2n) is 9.71. The third-order valence-electron chi connectivity index (χ3n) is 7.23. The van der Waals surface area contributed by atoms with Crippen LogP contribution >= 0.6 is 0 Å². The second-order valence-corrected chi connectivity index (χ2v) is 9.71. The monoisotopic (exact) mass is 474 g/mol. The second kappa shape index (κ2) is 10.6. The van der Waals surface area contributed by atoms with E-state index < -0.39 is 0 Å². The number of nitrogens with one attached hydrogen (secondary N) is 1. The van der Waals surface area contributed by atoms with E-state index >= 15 is 0 Å². The average molecular weight is 475 g/mol. The van der Waals surface area contributed by atoms with Gasteiger partial charge in [-0.1, -0.05) is 42.5 Å². The summed E-state index contributed by atoms with van der Waals surface area (Å²) in [6.45, 7) is 4.14. The fourth-order valence-corrected chi connectivity index (χ4v) is 5.11. The summed E-state index contributed by atoms with van der Waals surface area (Å²) in [4.78, 5) is 14.9. The Kier molecular flexibility index (Phi) is 7.16. The number of benzene rings is 2. The topological polar surface area (TPSA) is 68.6 Å². The SMILES string of the molecule is Cn1nccc1C(=O)NC[C@@H]1CCC2(CCN(Cc3ccc(OCc4ccccc4)cc3)CC2)O1. The molecule has 0 aliphatic carbocycles. The van der Waals surface area contributed by atoms with Gasteiger partial charge in [0, 0.05) is 39.4 Å². The van der Waals surface area contributed by atoms with Gasteiger partial charge in [-0.05, 0) is 55.0 Å². The lowest BCUT2D eigenvalue weighted by Crippen LogP contribution is -2.44. The van der Waals surface area contributed by atoms with Crippen LogP contribution in [0.5, 0.6) is 5.75 Å². The van der Waals surface area contributed by atoms with Gasteiger partial charge in [0.15, 0.2) is 0 Å². The third-order valence-corrected chi connectivity index (χ3v) is 7.23. The summed E-state index contributed by atoms with van der Waals surface area (Å²) in [6.07, 6.45) is 5.87. The van der Waals surface area contributed by atoms with Crippen molar-refractivity contribution >= 4 is 5.91 Å². The molecule has 5 rings (SSSR count). The molecule has 1 N–H and O–H groups in total. The number of hydrogen-bond acceptors (Lipinski definition) is 5. The highest BCUT2D eigenvalue weighted by molar-refractivity contribution is 5.92. The van der Waals surface area contributed by atoms with Gasteiger partial charge in [0.2, 0.25) is 0 Å². The number of ether oxygens (including phenoxy) is 2. The molecule has 0 radical (unpaired) electrons. The van der Waals surface area contributed by atoms with E-state index in [1.807, 2.05) is 18.2 Å². The lowest BCUT2D eigenvalue weighted by Gasteiger charge is -2.39. The quantitative estimate of drug-likeness (QED) is 0.536. The van der Waals surface area contributed by atoms with Crippen LogP contribution in [-0.2, 0) is 24.9 Å². The van der Waals surface area contributed by atoms with Crippen molar-refractivity contribution in [2.45, 2.75) is 50.5 Å². The van der Waals surface area contributed by atoms with Crippen LogP contribution in [-0.4, -0.2) is 51.9 Å². The number of amides is 1. The number of piperidine rings is 1. The number of hydrogen-bond donors (Lipinski definition) is 1. The largest absolute Gasteiger partial charge is 0.489 e. The van der Waals surface area contributed by atoms with E-state index in [1.54, 1.807) is 24.0 Å². The molecule has 1 atom stereocenters. The molecule has 2 aliphatic heterocycles. The molecule has 7 nitrogen and oxygen atoms in total. The Hall–Kier alpha value is -3.16. The number of nitrogens with zero attached hydrogens (tertiary/aromatic N) is 3. The summed E-state index contributed by atoms with van der Waals surface area (Å²) in [6, 6.07) is 20.4. The number of aryl methyl sites for hydroxylation is 1. The average Bonchev–Trinajstić information content (AvgIpc) is 3.50. The Balaban J connectivity index is 1.04. The van der Waals surface area contributed by atoms with Gasteiger partial charge >= 0.3 is 0 Å². The van der Waals surface area contributed by atoms with E-state index in [1.165, 1.54) is 11.1 Å². The molecule has 2 saturated heterocycles. The number of likely N-dealkylation sites (tertiary alicyclic amines) is 1. The van der Waals surface area contributed by atoms with Crippen LogP contribution in [0.15, 0.2) is 66.9 Å². The number of aromatic nitrogens is 2. The van der Waals surface area contributed by atoms with Crippen molar-refractivity contribution < 1.29 is 14.3 Å². The van der Waals surface area contributed by atoms with E-state index in [0.717, 1.165) is 51.1 Å². The van der Waals surface area contributed by atoms with Gasteiger partial charge in [-0.2, -0.15) is 5.10 Å². The zero-order valence-corrected chi connectivity index (χ0v) is 20.4. The maximum atomic E-state index is 12.3. The molecule has 7 heteroatoms. The van der Waals surface area contributed by atoms with Crippen molar-refractivity contribution in [3.63, 3.8) is 0 Å². The van der Waals surface area contributed by atoms with Crippen molar-refractivity contribution in [2.75, 3.05) is 19.6 Å². The first-order chi connectivity index (χ1) is 17.1. The molecule has 0 unspecified atom stereocenters. The minimum Gasteiger partial charge on any atom is -0.489 e. The highest BCUT2D eigenvalue weighted by atomic mass is 16.5. The minimum atomic E-state index is -0.0964. The molecule has 0 bridgehead atoms. The van der Waals surface area contributed by atoms with Crippen molar-refractivity contribution in [1.82, 2.24) is 20.0 Å². The highest BCUT2D eigenvalue weighted by Crippen LogP contribution is 2.39. The number of rotatable bonds is 8. The smallest absolute Gasteiger partial charge is 0.269 e. The first-order valence-corrected chi connectivity index (χ1v) is 12.5. The summed E-state index contributed by atoms with van der Waals surface area (Å²) in [5.74, 6) is 0.803. The predicted molar refractivity (Wildman–Crippen MR) is 134 cm³/mol. The van der Waals surface area contributed by atoms with Gasteiger partial charge in [0.25, 0.3) is 5.91 Å². The van der Waals surface area contributed by atoms with E-state index in [4.69, 9.17) is 9.47 Å². The number of carbonyl (C=O) groups excluding carboxylic acids is 1. The first kappa shape index (κ1) is 23.6. The van der Waals surface area contributed by atoms with Gasteiger partial charge in [0.1, 0.15) is 18.1 Å². The van der Waals surface area contributed by atoms with Crippen LogP contribution in [0.4, 0.5) is 0 Å². The van der Waals surface area contributed by atoms with Crippen molar-refractivity contribution in [1.29, 1.82) is 0 Å². The van der Waals surface area contributed by atoms with E-state index in [2.05, 4.69) is 51.7 Å². The molecular weight excluding hydrogens is 440 g/mol. The van der Waals surface area contributed by atoms with E-state index in [9.17, 15) is 4.79 Å². The molecule has 2 aromatic carbocycles. The molecule has 2 aliphatic rings. The van der Waals surface area contributed by atoms with Crippen LogP contribution in [0, 0.1) is 0 Å². The molecule has 184 valence electrons. The lowest BCUT2D eigenvalue weighted by molar-refractivity contribution is -0.0764. The fourth-order valence-electron chi connectivity index (χ4n) is 5.11. The van der Waals surface area contributed by atoms with Crippen LogP contribution < -0.4 is 10.1 Å². The van der Waals surface area contributed by atoms with Gasteiger partial charge < -0.3 is 14.8 Å². The third kappa shape index (κ3) is 5.92. The Morgan fingerprint density at radius 2 is 1.83 bits per heavy atom. The Labute approximate surface area is 207 Å². The van der Waals surface area contributed by atoms with Crippen LogP contribution in [0.3, 0.4) is 0 Å². The van der Waals surface area contributed by atoms with Gasteiger partial charge in [-0.15, -0.1) is 0 Å². The van der Waals surface area contributed by atoms with Crippen molar-refractivity contribution in [3.05, 3.63) is 83.7 Å². The molecule has 1 amide bonds. The van der Waals surface area contributed by atoms with Gasteiger partial charge in [-0.25, -0.2) is 0 Å². The molecule has 1 aromatic heterocycles. The van der Waals surface area contributed by atoms with E-state index in [0.29, 0.717) is 18.8 Å². The molecule has 3 heterocycles. The zero-order chi connectivity index (χ0) is 24.1. The molecule has 1 spiro atoms.